The Labute approximate surface area is 280 Å². The summed E-state index contributed by atoms with van der Waals surface area (Å²) in [5, 5.41) is 3.23. The zero-order chi connectivity index (χ0) is 32.4. The number of rotatable bonds is 7. The van der Waals surface area contributed by atoms with Gasteiger partial charge in [0, 0.05) is 36.1 Å². The maximum atomic E-state index is 14.8. The fourth-order valence-electron chi connectivity index (χ4n) is 8.83. The third kappa shape index (κ3) is 4.84. The van der Waals surface area contributed by atoms with Gasteiger partial charge in [-0.3, -0.25) is 14.7 Å². The van der Waals surface area contributed by atoms with E-state index in [4.69, 9.17) is 14.7 Å². The van der Waals surface area contributed by atoms with E-state index >= 15 is 0 Å². The summed E-state index contributed by atoms with van der Waals surface area (Å²) in [7, 11) is 0. The number of ether oxygens (including phenoxy) is 1. The first-order valence-electron chi connectivity index (χ1n) is 17.8. The van der Waals surface area contributed by atoms with Crippen molar-refractivity contribution in [1.82, 2.24) is 29.3 Å². The predicted octanol–water partition coefficient (Wildman–Crippen LogP) is 5.49. The van der Waals surface area contributed by atoms with Crippen LogP contribution in [-0.2, 0) is 21.5 Å². The monoisotopic (exact) mass is 650 g/mol. The van der Waals surface area contributed by atoms with Crippen LogP contribution in [0.2, 0.25) is 0 Å². The number of benzene rings is 1. The number of aryl methyl sites for hydroxylation is 1. The molecule has 0 bridgehead atoms. The summed E-state index contributed by atoms with van der Waals surface area (Å²) in [4.78, 5) is 35.8. The van der Waals surface area contributed by atoms with Crippen LogP contribution < -0.4 is 10.2 Å². The molecular formula is C37H43FN8O2. The Hall–Kier alpha value is -3.93. The molecule has 11 heteroatoms. The fraction of sp³-hybridized carbons (Fsp3) is 0.514. The molecule has 0 unspecified atom stereocenters. The van der Waals surface area contributed by atoms with E-state index in [2.05, 4.69) is 50.1 Å². The lowest BCUT2D eigenvalue weighted by Gasteiger charge is -2.48. The maximum Gasteiger partial charge on any atom is 0.238 e. The van der Waals surface area contributed by atoms with Gasteiger partial charge in [-0.1, -0.05) is 18.6 Å². The van der Waals surface area contributed by atoms with Crippen molar-refractivity contribution in [2.75, 3.05) is 49.6 Å². The number of piperidine rings is 2. The number of anilines is 3. The molecule has 1 saturated carbocycles. The van der Waals surface area contributed by atoms with Crippen molar-refractivity contribution in [3.8, 4) is 11.3 Å². The van der Waals surface area contributed by atoms with E-state index in [-0.39, 0.29) is 11.9 Å². The van der Waals surface area contributed by atoms with Gasteiger partial charge in [0.25, 0.3) is 0 Å². The molecular weight excluding hydrogens is 607 g/mol. The number of amides is 1. The molecule has 9 rings (SSSR count). The topological polar surface area (TPSA) is 91.7 Å². The van der Waals surface area contributed by atoms with Gasteiger partial charge in [0.05, 0.1) is 54.1 Å². The molecule has 1 amide bonds. The zero-order valence-electron chi connectivity index (χ0n) is 27.6. The molecule has 4 fully saturated rings. The molecule has 1 N–H and O–H groups in total. The minimum atomic E-state index is -0.492. The standard InChI is InChI=1S/C37H43FN8O2/c1-2-43-23-40-32-19-31(42-35(34(32)43)41-30-8-11-39-20-29(30)38)24-6-7-28-33(16-24)46(26-17-25(18-26)44-12-4-3-5-13-44)36(47)37(28)9-14-45(15-10-37)27-21-48-22-27/h6-8,11,16,19-20,23,25-27H,2-5,9-10,12-15,17-18,21-22H2,1H3,(H,39,41,42)/t25-,26+. The molecule has 4 aliphatic heterocycles. The number of nitrogens with one attached hydrogen (secondary N) is 1. The first-order valence-corrected chi connectivity index (χ1v) is 17.8. The molecule has 3 saturated heterocycles. The van der Waals surface area contributed by atoms with Crippen molar-refractivity contribution >= 4 is 34.1 Å². The SMILES string of the molecule is CCn1cnc2cc(-c3ccc4c(c3)N([C@H]3C[C@@H](N5CCCCC5)C3)C(=O)C43CCN(C4COC4)CC3)nc(Nc3ccncc3F)c21. The quantitative estimate of drug-likeness (QED) is 0.281. The van der Waals surface area contributed by atoms with Gasteiger partial charge in [0.1, 0.15) is 5.52 Å². The molecule has 1 aromatic carbocycles. The third-order valence-electron chi connectivity index (χ3n) is 11.8. The smallest absolute Gasteiger partial charge is 0.238 e. The summed E-state index contributed by atoms with van der Waals surface area (Å²) >= 11 is 0. The second-order valence-electron chi connectivity index (χ2n) is 14.3. The van der Waals surface area contributed by atoms with Crippen molar-refractivity contribution < 1.29 is 13.9 Å². The molecule has 0 atom stereocenters. The number of hydrogen-bond donors (Lipinski definition) is 1. The van der Waals surface area contributed by atoms with Gasteiger partial charge >= 0.3 is 0 Å². The van der Waals surface area contributed by atoms with Crippen LogP contribution in [-0.4, -0.2) is 92.7 Å². The van der Waals surface area contributed by atoms with Crippen molar-refractivity contribution in [3.05, 3.63) is 60.4 Å². The van der Waals surface area contributed by atoms with E-state index in [9.17, 15) is 9.18 Å². The van der Waals surface area contributed by atoms with Crippen LogP contribution in [0.5, 0.6) is 0 Å². The summed E-state index contributed by atoms with van der Waals surface area (Å²) in [6.07, 6.45) is 12.2. The molecule has 5 aliphatic rings. The van der Waals surface area contributed by atoms with Gasteiger partial charge in [-0.15, -0.1) is 0 Å². The second-order valence-corrected chi connectivity index (χ2v) is 14.3. The number of carbonyl (C=O) groups excluding carboxylic acids is 1. The largest absolute Gasteiger partial charge is 0.378 e. The Balaban J connectivity index is 1.09. The predicted molar refractivity (Wildman–Crippen MR) is 183 cm³/mol. The van der Waals surface area contributed by atoms with E-state index in [0.29, 0.717) is 30.1 Å². The highest BCUT2D eigenvalue weighted by molar-refractivity contribution is 6.09. The molecule has 4 aromatic rings. The van der Waals surface area contributed by atoms with Crippen LogP contribution in [0.1, 0.15) is 57.4 Å². The van der Waals surface area contributed by atoms with Crippen LogP contribution in [0.4, 0.5) is 21.6 Å². The van der Waals surface area contributed by atoms with Crippen LogP contribution in [0.3, 0.4) is 0 Å². The number of halogens is 1. The molecule has 3 aromatic heterocycles. The highest BCUT2D eigenvalue weighted by Crippen LogP contribution is 2.52. The first kappa shape index (κ1) is 30.2. The Bertz CT molecular complexity index is 1850. The highest BCUT2D eigenvalue weighted by atomic mass is 19.1. The van der Waals surface area contributed by atoms with E-state index in [1.54, 1.807) is 18.6 Å². The Morgan fingerprint density at radius 1 is 0.979 bits per heavy atom. The Kier molecular flexibility index (Phi) is 7.47. The summed E-state index contributed by atoms with van der Waals surface area (Å²) in [5.41, 5.74) is 5.26. The number of fused-ring (bicyclic) bond motifs is 3. The van der Waals surface area contributed by atoms with Crippen LogP contribution in [0.25, 0.3) is 22.3 Å². The minimum absolute atomic E-state index is 0.207. The summed E-state index contributed by atoms with van der Waals surface area (Å²) < 4.78 is 22.2. The molecule has 10 nitrogen and oxygen atoms in total. The number of imidazole rings is 1. The average Bonchev–Trinajstić information content (AvgIpc) is 3.59. The summed E-state index contributed by atoms with van der Waals surface area (Å²) in [6.45, 7) is 8.53. The minimum Gasteiger partial charge on any atom is -0.378 e. The Morgan fingerprint density at radius 2 is 1.77 bits per heavy atom. The lowest BCUT2D eigenvalue weighted by Crippen LogP contribution is -2.59. The van der Waals surface area contributed by atoms with Crippen molar-refractivity contribution in [2.45, 2.75) is 82.0 Å². The van der Waals surface area contributed by atoms with Gasteiger partial charge in [0.2, 0.25) is 5.91 Å². The van der Waals surface area contributed by atoms with Gasteiger partial charge in [-0.25, -0.2) is 14.4 Å². The fourth-order valence-corrected chi connectivity index (χ4v) is 8.83. The van der Waals surface area contributed by atoms with Crippen molar-refractivity contribution in [3.63, 3.8) is 0 Å². The number of aromatic nitrogens is 4. The lowest BCUT2D eigenvalue weighted by atomic mass is 9.73. The molecule has 0 radical (unpaired) electrons. The van der Waals surface area contributed by atoms with Crippen molar-refractivity contribution in [1.29, 1.82) is 0 Å². The summed E-state index contributed by atoms with van der Waals surface area (Å²) in [6, 6.07) is 11.4. The Morgan fingerprint density at radius 3 is 2.50 bits per heavy atom. The number of likely N-dealkylation sites (tertiary alicyclic amines) is 2. The van der Waals surface area contributed by atoms with Crippen molar-refractivity contribution in [2.24, 2.45) is 0 Å². The van der Waals surface area contributed by atoms with Crippen LogP contribution >= 0.6 is 0 Å². The van der Waals surface area contributed by atoms with E-state index in [0.717, 1.165) is 85.5 Å². The third-order valence-corrected chi connectivity index (χ3v) is 11.8. The van der Waals surface area contributed by atoms with Gasteiger partial charge < -0.3 is 24.4 Å². The van der Waals surface area contributed by atoms with Gasteiger partial charge in [-0.2, -0.15) is 0 Å². The average molecular weight is 651 g/mol. The number of pyridine rings is 2. The highest BCUT2D eigenvalue weighted by Gasteiger charge is 2.56. The van der Waals surface area contributed by atoms with E-state index in [1.165, 1.54) is 38.5 Å². The molecule has 1 spiro atoms. The number of nitrogens with zero attached hydrogens (tertiary/aromatic N) is 7. The molecule has 7 heterocycles. The van der Waals surface area contributed by atoms with E-state index in [1.807, 2.05) is 10.6 Å². The first-order chi connectivity index (χ1) is 23.5. The zero-order valence-corrected chi connectivity index (χ0v) is 27.6. The molecule has 48 heavy (non-hydrogen) atoms. The van der Waals surface area contributed by atoms with Crippen LogP contribution in [0, 0.1) is 5.82 Å². The van der Waals surface area contributed by atoms with E-state index < -0.39 is 11.2 Å². The second kappa shape index (κ2) is 11.9. The van der Waals surface area contributed by atoms with Crippen LogP contribution in [0.15, 0.2) is 49.1 Å². The number of carbonyl (C=O) groups is 1. The molecule has 1 aliphatic carbocycles. The van der Waals surface area contributed by atoms with Gasteiger partial charge in [-0.05, 0) is 95.4 Å². The lowest BCUT2D eigenvalue weighted by molar-refractivity contribution is -0.128. The number of hydrogen-bond acceptors (Lipinski definition) is 8. The maximum absolute atomic E-state index is 14.8. The molecule has 250 valence electrons. The summed E-state index contributed by atoms with van der Waals surface area (Å²) in [5.74, 6) is 0.367. The van der Waals surface area contributed by atoms with Gasteiger partial charge in [0.15, 0.2) is 11.6 Å². The normalized spacial score (nSPS) is 24.5.